The van der Waals surface area contributed by atoms with Crippen LogP contribution in [0.15, 0.2) is 11.6 Å². The van der Waals surface area contributed by atoms with Crippen molar-refractivity contribution < 1.29 is 5.11 Å². The van der Waals surface area contributed by atoms with E-state index in [1.807, 2.05) is 0 Å². The molecule has 1 N–H and O–H groups in total. The van der Waals surface area contributed by atoms with Crippen LogP contribution < -0.4 is 0 Å². The Bertz CT molecular complexity index is 262. The Labute approximate surface area is 95.6 Å². The Morgan fingerprint density at radius 1 is 1.47 bits per heavy atom. The van der Waals surface area contributed by atoms with Crippen molar-refractivity contribution in [3.05, 3.63) is 11.6 Å². The molecule has 1 rings (SSSR count). The summed E-state index contributed by atoms with van der Waals surface area (Å²) in [5, 5.41) is 10.8. The van der Waals surface area contributed by atoms with Crippen LogP contribution in [-0.2, 0) is 0 Å². The molecule has 0 bridgehead atoms. The van der Waals surface area contributed by atoms with Crippen molar-refractivity contribution in [3.8, 4) is 0 Å². The van der Waals surface area contributed by atoms with Gasteiger partial charge in [-0.15, -0.1) is 0 Å². The van der Waals surface area contributed by atoms with Crippen molar-refractivity contribution in [3.63, 3.8) is 0 Å². The van der Waals surface area contributed by atoms with Gasteiger partial charge in [0.05, 0.1) is 5.60 Å². The molecule has 0 fully saturated rings. The lowest BCUT2D eigenvalue weighted by Gasteiger charge is -2.37. The highest BCUT2D eigenvalue weighted by Crippen LogP contribution is 2.44. The fraction of sp³-hybridized carbons (Fsp3) is 0.846. The van der Waals surface area contributed by atoms with Crippen LogP contribution in [0.1, 0.15) is 27.2 Å². The van der Waals surface area contributed by atoms with Gasteiger partial charge in [-0.1, -0.05) is 46.5 Å². The minimum Gasteiger partial charge on any atom is -0.385 e. The lowest BCUT2D eigenvalue weighted by Crippen LogP contribution is -2.42. The van der Waals surface area contributed by atoms with Gasteiger partial charge in [-0.05, 0) is 29.9 Å². The Morgan fingerprint density at radius 2 is 2.00 bits per heavy atom. The Hall–Kier alpha value is -0.0831. The molecule has 0 aliphatic heterocycles. The highest BCUT2D eigenvalue weighted by atomic mass is 28.3. The first-order valence-corrected chi connectivity index (χ1v) is 9.80. The second-order valence-electron chi connectivity index (χ2n) is 6.58. The molecule has 1 nitrogen and oxygen atoms in total. The van der Waals surface area contributed by atoms with E-state index in [0.29, 0.717) is 11.8 Å². The van der Waals surface area contributed by atoms with E-state index in [-0.39, 0.29) is 0 Å². The van der Waals surface area contributed by atoms with Gasteiger partial charge in [0.15, 0.2) is 0 Å². The second-order valence-corrected chi connectivity index (χ2v) is 12.1. The standard InChI is InChI=1S/C13H26OSi/c1-10(2)13(14)11(3)7-8-12(13)9-15(4,5)6/h8,10-11,14H,7,9H2,1-6H3/t11-,13-/m0/s1. The molecule has 0 heterocycles. The molecule has 0 aromatic carbocycles. The minimum absolute atomic E-state index is 0.331. The van der Waals surface area contributed by atoms with E-state index >= 15 is 0 Å². The molecule has 0 saturated heterocycles. The molecular formula is C13H26OSi. The molecule has 0 spiro atoms. The molecule has 0 aromatic heterocycles. The fourth-order valence-electron chi connectivity index (χ4n) is 2.70. The van der Waals surface area contributed by atoms with Gasteiger partial charge in [-0.2, -0.15) is 0 Å². The maximum atomic E-state index is 10.8. The van der Waals surface area contributed by atoms with Gasteiger partial charge in [-0.25, -0.2) is 0 Å². The molecule has 0 amide bonds. The number of hydrogen-bond donors (Lipinski definition) is 1. The first kappa shape index (κ1) is 13.0. The third-order valence-corrected chi connectivity index (χ3v) is 5.03. The SMILES string of the molecule is CC(C)[C@@]1(O)C(C[Si](C)(C)C)=CC[C@@H]1C. The molecule has 1 aliphatic carbocycles. The van der Waals surface area contributed by atoms with Gasteiger partial charge < -0.3 is 5.11 Å². The van der Waals surface area contributed by atoms with Crippen LogP contribution in [-0.4, -0.2) is 18.8 Å². The summed E-state index contributed by atoms with van der Waals surface area (Å²) in [6, 6.07) is 1.14. The number of rotatable bonds is 3. The molecule has 0 radical (unpaired) electrons. The van der Waals surface area contributed by atoms with Crippen molar-refractivity contribution in [2.24, 2.45) is 11.8 Å². The molecular weight excluding hydrogens is 200 g/mol. The van der Waals surface area contributed by atoms with Crippen LogP contribution in [0.3, 0.4) is 0 Å². The molecule has 2 atom stereocenters. The normalized spacial score (nSPS) is 32.3. The quantitative estimate of drug-likeness (QED) is 0.575. The molecule has 0 saturated carbocycles. The zero-order valence-electron chi connectivity index (χ0n) is 11.1. The Morgan fingerprint density at radius 3 is 2.40 bits per heavy atom. The summed E-state index contributed by atoms with van der Waals surface area (Å²) >= 11 is 0. The zero-order chi connectivity index (χ0) is 11.9. The number of hydrogen-bond acceptors (Lipinski definition) is 1. The fourth-order valence-corrected chi connectivity index (χ4v) is 4.27. The van der Waals surface area contributed by atoms with Gasteiger partial charge in [0, 0.05) is 8.07 Å². The van der Waals surface area contributed by atoms with Crippen LogP contribution in [0, 0.1) is 11.8 Å². The summed E-state index contributed by atoms with van der Waals surface area (Å²) in [7, 11) is -1.11. The number of aliphatic hydroxyl groups is 1. The van der Waals surface area contributed by atoms with Crippen LogP contribution in [0.5, 0.6) is 0 Å². The van der Waals surface area contributed by atoms with E-state index in [0.717, 1.165) is 12.5 Å². The van der Waals surface area contributed by atoms with Crippen molar-refractivity contribution in [2.75, 3.05) is 0 Å². The van der Waals surface area contributed by atoms with Gasteiger partial charge in [0.2, 0.25) is 0 Å². The summed E-state index contributed by atoms with van der Waals surface area (Å²) in [6.45, 7) is 13.6. The molecule has 1 aliphatic rings. The van der Waals surface area contributed by atoms with E-state index in [9.17, 15) is 5.11 Å². The van der Waals surface area contributed by atoms with Gasteiger partial charge in [-0.3, -0.25) is 0 Å². The van der Waals surface area contributed by atoms with E-state index in [4.69, 9.17) is 0 Å². The summed E-state index contributed by atoms with van der Waals surface area (Å²) in [5.74, 6) is 0.724. The summed E-state index contributed by atoms with van der Waals surface area (Å²) in [5.41, 5.74) is 0.796. The monoisotopic (exact) mass is 226 g/mol. The lowest BCUT2D eigenvalue weighted by atomic mass is 9.78. The molecule has 88 valence electrons. The highest BCUT2D eigenvalue weighted by Gasteiger charge is 2.44. The van der Waals surface area contributed by atoms with Crippen molar-refractivity contribution in [1.82, 2.24) is 0 Å². The van der Waals surface area contributed by atoms with Crippen LogP contribution >= 0.6 is 0 Å². The average molecular weight is 226 g/mol. The Balaban J connectivity index is 2.90. The number of allylic oxidation sites excluding steroid dienone is 1. The Kier molecular flexibility index (Phi) is 3.51. The van der Waals surface area contributed by atoms with Gasteiger partial charge >= 0.3 is 0 Å². The summed E-state index contributed by atoms with van der Waals surface area (Å²) in [6.07, 6.45) is 3.34. The third kappa shape index (κ3) is 2.54. The van der Waals surface area contributed by atoms with Crippen molar-refractivity contribution in [2.45, 2.75) is 58.5 Å². The van der Waals surface area contributed by atoms with Crippen LogP contribution in [0.2, 0.25) is 25.7 Å². The van der Waals surface area contributed by atoms with E-state index in [2.05, 4.69) is 46.5 Å². The summed E-state index contributed by atoms with van der Waals surface area (Å²) < 4.78 is 0. The lowest BCUT2D eigenvalue weighted by molar-refractivity contribution is -0.00701. The molecule has 0 unspecified atom stereocenters. The zero-order valence-corrected chi connectivity index (χ0v) is 12.1. The minimum atomic E-state index is -1.11. The topological polar surface area (TPSA) is 20.2 Å². The average Bonchev–Trinajstić information content (AvgIpc) is 2.31. The van der Waals surface area contributed by atoms with E-state index in [1.54, 1.807) is 0 Å². The first-order valence-electron chi connectivity index (χ1n) is 6.10. The third-order valence-electron chi connectivity index (χ3n) is 3.58. The smallest absolute Gasteiger partial charge is 0.0905 e. The molecule has 0 aromatic rings. The van der Waals surface area contributed by atoms with Crippen LogP contribution in [0.25, 0.3) is 0 Å². The van der Waals surface area contributed by atoms with Gasteiger partial charge in [0.1, 0.15) is 0 Å². The first-order chi connectivity index (χ1) is 6.68. The summed E-state index contributed by atoms with van der Waals surface area (Å²) in [4.78, 5) is 0. The maximum Gasteiger partial charge on any atom is 0.0905 e. The second kappa shape index (κ2) is 4.06. The maximum absolute atomic E-state index is 10.8. The van der Waals surface area contributed by atoms with Crippen LogP contribution in [0.4, 0.5) is 0 Å². The predicted molar refractivity (Wildman–Crippen MR) is 69.8 cm³/mol. The van der Waals surface area contributed by atoms with E-state index < -0.39 is 13.7 Å². The highest BCUT2D eigenvalue weighted by molar-refractivity contribution is 6.76. The predicted octanol–water partition coefficient (Wildman–Crippen LogP) is 3.68. The van der Waals surface area contributed by atoms with Crippen molar-refractivity contribution >= 4 is 8.07 Å². The largest absolute Gasteiger partial charge is 0.385 e. The van der Waals surface area contributed by atoms with Crippen molar-refractivity contribution in [1.29, 1.82) is 0 Å². The van der Waals surface area contributed by atoms with E-state index in [1.165, 1.54) is 5.57 Å². The van der Waals surface area contributed by atoms with Gasteiger partial charge in [0.25, 0.3) is 0 Å². The molecule has 2 heteroatoms. The molecule has 15 heavy (non-hydrogen) atoms.